The van der Waals surface area contributed by atoms with Gasteiger partial charge in [0.15, 0.2) is 5.79 Å². The minimum Gasteiger partial charge on any atom is -0.353 e. The zero-order valence-electron chi connectivity index (χ0n) is 19.8. The summed E-state index contributed by atoms with van der Waals surface area (Å²) < 4.78 is 11.7. The lowest BCUT2D eigenvalue weighted by Gasteiger charge is -2.57. The van der Waals surface area contributed by atoms with Crippen molar-refractivity contribution >= 4 is 0 Å². The topological polar surface area (TPSA) is 18.5 Å². The Hall–Kier alpha value is -0.560. The van der Waals surface area contributed by atoms with Gasteiger partial charge >= 0.3 is 0 Å². The first-order chi connectivity index (χ1) is 13.9. The van der Waals surface area contributed by atoms with Crippen molar-refractivity contribution in [2.75, 3.05) is 14.2 Å². The maximum absolute atomic E-state index is 5.86. The van der Waals surface area contributed by atoms with Crippen LogP contribution in [-0.2, 0) is 9.47 Å². The van der Waals surface area contributed by atoms with Crippen LogP contribution in [0.4, 0.5) is 0 Å². The van der Waals surface area contributed by atoms with E-state index in [9.17, 15) is 0 Å². The molecule has 0 heterocycles. The van der Waals surface area contributed by atoms with Crippen LogP contribution in [0, 0.1) is 46.8 Å². The first kappa shape index (κ1) is 21.7. The van der Waals surface area contributed by atoms with E-state index in [4.69, 9.17) is 9.47 Å². The highest BCUT2D eigenvalue weighted by Gasteiger charge is 2.59. The van der Waals surface area contributed by atoms with Gasteiger partial charge in [-0.1, -0.05) is 20.8 Å². The van der Waals surface area contributed by atoms with Gasteiger partial charge in [0.1, 0.15) is 0 Å². The largest absolute Gasteiger partial charge is 0.353 e. The van der Waals surface area contributed by atoms with Crippen molar-refractivity contribution in [1.82, 2.24) is 0 Å². The average Bonchev–Trinajstić information content (AvgIpc) is 2.98. The van der Waals surface area contributed by atoms with E-state index in [0.29, 0.717) is 5.41 Å². The molecule has 0 bridgehead atoms. The van der Waals surface area contributed by atoms with Gasteiger partial charge in [0.25, 0.3) is 0 Å². The molecule has 4 saturated carbocycles. The molecule has 0 aromatic carbocycles. The number of methoxy groups -OCH3 is 2. The molecule has 0 N–H and O–H groups in total. The lowest BCUT2D eigenvalue weighted by Crippen LogP contribution is -2.52. The Kier molecular flexibility index (Phi) is 6.11. The van der Waals surface area contributed by atoms with Crippen LogP contribution in [0.1, 0.15) is 85.5 Å². The number of hydrogen-bond donors (Lipinski definition) is 0. The predicted molar refractivity (Wildman–Crippen MR) is 119 cm³/mol. The second kappa shape index (κ2) is 8.18. The first-order valence-electron chi connectivity index (χ1n) is 12.4. The molecular formula is C27H44O2. The lowest BCUT2D eigenvalue weighted by atomic mass is 9.49. The Morgan fingerprint density at radius 2 is 1.76 bits per heavy atom. The number of rotatable bonds is 4. The van der Waals surface area contributed by atoms with Crippen molar-refractivity contribution < 1.29 is 9.47 Å². The molecule has 0 radical (unpaired) electrons. The van der Waals surface area contributed by atoms with Gasteiger partial charge < -0.3 is 9.47 Å². The highest BCUT2D eigenvalue weighted by molar-refractivity contribution is 5.25. The van der Waals surface area contributed by atoms with Gasteiger partial charge in [0.05, 0.1) is 0 Å². The number of fused-ring (bicyclic) bond motifs is 5. The average molecular weight is 401 g/mol. The Morgan fingerprint density at radius 3 is 2.41 bits per heavy atom. The van der Waals surface area contributed by atoms with Crippen LogP contribution in [-0.4, -0.2) is 20.0 Å². The van der Waals surface area contributed by atoms with Crippen LogP contribution < -0.4 is 0 Å². The van der Waals surface area contributed by atoms with Crippen LogP contribution in [0.25, 0.3) is 0 Å². The third-order valence-electron chi connectivity index (χ3n) is 9.70. The first-order valence-corrected chi connectivity index (χ1v) is 12.4. The van der Waals surface area contributed by atoms with Crippen LogP contribution in [0.15, 0.2) is 17.4 Å². The molecule has 2 nitrogen and oxygen atoms in total. The SMILES string of the molecule is CC=C=C1CC(CC(C)C)[C@H]2C3CC[C@@H]4CC(OC)(OC)CC[C@@H]4[C@H]3CC[C@]12C. The molecule has 164 valence electrons. The van der Waals surface area contributed by atoms with E-state index in [-0.39, 0.29) is 5.79 Å². The van der Waals surface area contributed by atoms with Crippen LogP contribution in [0.5, 0.6) is 0 Å². The maximum atomic E-state index is 5.86. The molecule has 0 saturated heterocycles. The summed E-state index contributed by atoms with van der Waals surface area (Å²) in [5.74, 6) is 5.77. The minimum atomic E-state index is -0.313. The lowest BCUT2D eigenvalue weighted by molar-refractivity contribution is -0.247. The molecule has 29 heavy (non-hydrogen) atoms. The zero-order valence-corrected chi connectivity index (χ0v) is 19.8. The van der Waals surface area contributed by atoms with E-state index in [1.165, 1.54) is 44.9 Å². The van der Waals surface area contributed by atoms with Crippen LogP contribution in [0.3, 0.4) is 0 Å². The molecule has 2 unspecified atom stereocenters. The Morgan fingerprint density at radius 1 is 1.03 bits per heavy atom. The van der Waals surface area contributed by atoms with E-state index in [1.807, 2.05) is 14.2 Å². The Labute approximate surface area is 179 Å². The fourth-order valence-corrected chi connectivity index (χ4v) is 8.60. The summed E-state index contributed by atoms with van der Waals surface area (Å²) >= 11 is 0. The summed E-state index contributed by atoms with van der Waals surface area (Å²) in [6, 6.07) is 0. The monoisotopic (exact) mass is 400 g/mol. The zero-order chi connectivity index (χ0) is 20.8. The summed E-state index contributed by atoms with van der Waals surface area (Å²) in [5, 5.41) is 0. The molecule has 0 amide bonds. The number of ether oxygens (including phenoxy) is 2. The van der Waals surface area contributed by atoms with Gasteiger partial charge in [0, 0.05) is 27.1 Å². The second-order valence-corrected chi connectivity index (χ2v) is 11.4. The summed E-state index contributed by atoms with van der Waals surface area (Å²) in [6.45, 7) is 9.59. The van der Waals surface area contributed by atoms with E-state index < -0.39 is 0 Å². The van der Waals surface area contributed by atoms with E-state index in [1.54, 1.807) is 5.57 Å². The van der Waals surface area contributed by atoms with E-state index in [0.717, 1.165) is 54.3 Å². The second-order valence-electron chi connectivity index (χ2n) is 11.4. The summed E-state index contributed by atoms with van der Waals surface area (Å²) in [6.07, 6.45) is 14.0. The van der Waals surface area contributed by atoms with E-state index in [2.05, 4.69) is 39.5 Å². The highest BCUT2D eigenvalue weighted by Crippen LogP contribution is 2.66. The third-order valence-corrected chi connectivity index (χ3v) is 9.70. The van der Waals surface area contributed by atoms with Gasteiger partial charge in [0.2, 0.25) is 0 Å². The maximum Gasteiger partial charge on any atom is 0.167 e. The van der Waals surface area contributed by atoms with Crippen molar-refractivity contribution in [2.45, 2.75) is 91.3 Å². The van der Waals surface area contributed by atoms with Crippen LogP contribution in [0.2, 0.25) is 0 Å². The minimum absolute atomic E-state index is 0.313. The smallest absolute Gasteiger partial charge is 0.167 e. The quantitative estimate of drug-likeness (QED) is 0.373. The van der Waals surface area contributed by atoms with Gasteiger partial charge in [-0.15, -0.1) is 5.73 Å². The molecule has 4 fully saturated rings. The van der Waals surface area contributed by atoms with Crippen LogP contribution >= 0.6 is 0 Å². The normalized spacial score (nSPS) is 43.3. The van der Waals surface area contributed by atoms with Crippen molar-refractivity contribution in [3.63, 3.8) is 0 Å². The molecule has 7 atom stereocenters. The molecule has 2 heteroatoms. The van der Waals surface area contributed by atoms with Gasteiger partial charge in [-0.3, -0.25) is 0 Å². The summed E-state index contributed by atoms with van der Waals surface area (Å²) in [5.41, 5.74) is 5.77. The van der Waals surface area contributed by atoms with Crippen molar-refractivity contribution in [3.05, 3.63) is 17.4 Å². The van der Waals surface area contributed by atoms with Crippen molar-refractivity contribution in [1.29, 1.82) is 0 Å². The Bertz CT molecular complexity index is 653. The molecule has 4 aliphatic carbocycles. The molecule has 4 rings (SSSR count). The molecule has 4 aliphatic rings. The molecule has 0 aromatic rings. The highest BCUT2D eigenvalue weighted by atomic mass is 16.7. The molecular weight excluding hydrogens is 356 g/mol. The number of allylic oxidation sites excluding steroid dienone is 1. The summed E-state index contributed by atoms with van der Waals surface area (Å²) in [7, 11) is 3.68. The molecule has 0 aliphatic heterocycles. The fourth-order valence-electron chi connectivity index (χ4n) is 8.60. The third kappa shape index (κ3) is 3.58. The molecule has 0 spiro atoms. The number of hydrogen-bond acceptors (Lipinski definition) is 2. The van der Waals surface area contributed by atoms with Gasteiger partial charge in [-0.05, 0) is 110 Å². The van der Waals surface area contributed by atoms with Crippen molar-refractivity contribution in [3.8, 4) is 0 Å². The standard InChI is InChI=1S/C27H44O2/c1-7-8-21-16-20(15-18(2)3)25-24-10-9-19-17-27(28-5,29-6)14-12-22(19)23(24)11-13-26(21,25)4/h7,18-20,22-25H,9-17H2,1-6H3/t8?,19-,20?,22+,23-,24?,25+,26-/m1/s1. The van der Waals surface area contributed by atoms with Gasteiger partial charge in [-0.2, -0.15) is 0 Å². The van der Waals surface area contributed by atoms with Gasteiger partial charge in [-0.25, -0.2) is 0 Å². The fraction of sp³-hybridized carbons (Fsp3) is 0.889. The Balaban J connectivity index is 1.61. The van der Waals surface area contributed by atoms with Crippen molar-refractivity contribution in [2.24, 2.45) is 46.8 Å². The van der Waals surface area contributed by atoms with E-state index >= 15 is 0 Å². The summed E-state index contributed by atoms with van der Waals surface area (Å²) in [4.78, 5) is 0. The molecule has 0 aromatic heterocycles. The predicted octanol–water partition coefficient (Wildman–Crippen LogP) is 7.00.